The Bertz CT molecular complexity index is 839. The molecule has 0 unspecified atom stereocenters. The van der Waals surface area contributed by atoms with E-state index < -0.39 is 5.60 Å². The maximum Gasteiger partial charge on any atom is 0.255 e. The molecule has 2 aromatic carbocycles. The Kier molecular flexibility index (Phi) is 3.79. The molecular formula is C19H19NO4. The number of carbonyl (C=O) groups excluding carboxylic acids is 2. The van der Waals surface area contributed by atoms with E-state index in [1.54, 1.807) is 37.3 Å². The van der Waals surface area contributed by atoms with Gasteiger partial charge in [0.2, 0.25) is 0 Å². The van der Waals surface area contributed by atoms with Gasteiger partial charge in [-0.1, -0.05) is 0 Å². The third-order valence-corrected chi connectivity index (χ3v) is 3.97. The molecule has 0 fully saturated rings. The standard InChI is InChI=1S/C19H19NO4/c1-11-8-13(21)5-6-15(11)20-18(23)12-4-7-17-14(9-12)16(22)10-19(2,3)24-17/h4-9,21H,10H2,1-3H3,(H,20,23). The number of benzene rings is 2. The average Bonchev–Trinajstić information content (AvgIpc) is 2.48. The van der Waals surface area contributed by atoms with Crippen LogP contribution in [0.25, 0.3) is 0 Å². The first kappa shape index (κ1) is 16.1. The third kappa shape index (κ3) is 3.11. The smallest absolute Gasteiger partial charge is 0.255 e. The first-order chi connectivity index (χ1) is 11.2. The molecule has 0 aromatic heterocycles. The van der Waals surface area contributed by atoms with E-state index in [0.717, 1.165) is 5.56 Å². The molecule has 1 amide bonds. The second kappa shape index (κ2) is 5.67. The van der Waals surface area contributed by atoms with E-state index in [2.05, 4.69) is 5.32 Å². The van der Waals surface area contributed by atoms with Gasteiger partial charge in [-0.05, 0) is 62.7 Å². The van der Waals surface area contributed by atoms with E-state index in [9.17, 15) is 14.7 Å². The molecule has 0 bridgehead atoms. The van der Waals surface area contributed by atoms with Gasteiger partial charge in [-0.25, -0.2) is 0 Å². The Labute approximate surface area is 140 Å². The van der Waals surface area contributed by atoms with Gasteiger partial charge in [-0.15, -0.1) is 0 Å². The normalized spacial score (nSPS) is 15.4. The topological polar surface area (TPSA) is 75.6 Å². The second-order valence-corrected chi connectivity index (χ2v) is 6.63. The van der Waals surface area contributed by atoms with Crippen LogP contribution >= 0.6 is 0 Å². The number of amides is 1. The van der Waals surface area contributed by atoms with Crippen molar-refractivity contribution in [2.45, 2.75) is 32.8 Å². The van der Waals surface area contributed by atoms with E-state index in [4.69, 9.17) is 4.74 Å². The molecule has 2 aromatic rings. The molecule has 1 aliphatic heterocycles. The quantitative estimate of drug-likeness (QED) is 0.826. The lowest BCUT2D eigenvalue weighted by Crippen LogP contribution is -2.36. The largest absolute Gasteiger partial charge is 0.508 e. The number of anilines is 1. The predicted octanol–water partition coefficient (Wildman–Crippen LogP) is 3.70. The molecule has 0 radical (unpaired) electrons. The van der Waals surface area contributed by atoms with Crippen LogP contribution in [0.3, 0.4) is 0 Å². The highest BCUT2D eigenvalue weighted by molar-refractivity contribution is 6.08. The highest BCUT2D eigenvalue weighted by atomic mass is 16.5. The molecule has 24 heavy (non-hydrogen) atoms. The van der Waals surface area contributed by atoms with Crippen LogP contribution in [0.2, 0.25) is 0 Å². The van der Waals surface area contributed by atoms with Crippen LogP contribution in [0.1, 0.15) is 46.5 Å². The van der Waals surface area contributed by atoms with Gasteiger partial charge in [0.15, 0.2) is 5.78 Å². The van der Waals surface area contributed by atoms with Crippen molar-refractivity contribution in [3.63, 3.8) is 0 Å². The molecule has 2 N–H and O–H groups in total. The van der Waals surface area contributed by atoms with Gasteiger partial charge in [-0.3, -0.25) is 9.59 Å². The van der Waals surface area contributed by atoms with Gasteiger partial charge in [0.1, 0.15) is 17.1 Å². The van der Waals surface area contributed by atoms with Gasteiger partial charge in [-0.2, -0.15) is 0 Å². The lowest BCUT2D eigenvalue weighted by molar-refractivity contribution is 0.0620. The highest BCUT2D eigenvalue weighted by Crippen LogP contribution is 2.33. The highest BCUT2D eigenvalue weighted by Gasteiger charge is 2.32. The van der Waals surface area contributed by atoms with Gasteiger partial charge in [0.05, 0.1) is 12.0 Å². The molecule has 1 heterocycles. The summed E-state index contributed by atoms with van der Waals surface area (Å²) in [5, 5.41) is 12.2. The number of nitrogens with one attached hydrogen (secondary N) is 1. The van der Waals surface area contributed by atoms with Crippen LogP contribution < -0.4 is 10.1 Å². The minimum absolute atomic E-state index is 0.0308. The molecular weight excluding hydrogens is 306 g/mol. The number of ketones is 1. The van der Waals surface area contributed by atoms with Crippen molar-refractivity contribution < 1.29 is 19.4 Å². The zero-order valence-electron chi connectivity index (χ0n) is 13.8. The summed E-state index contributed by atoms with van der Waals surface area (Å²) in [6.45, 7) is 5.52. The number of ether oxygens (including phenoxy) is 1. The van der Waals surface area contributed by atoms with Crippen LogP contribution in [0.4, 0.5) is 5.69 Å². The molecule has 0 atom stereocenters. The number of carbonyl (C=O) groups is 2. The molecule has 124 valence electrons. The van der Waals surface area contributed by atoms with E-state index in [0.29, 0.717) is 22.6 Å². The number of hydrogen-bond acceptors (Lipinski definition) is 4. The number of rotatable bonds is 2. The van der Waals surface area contributed by atoms with Crippen LogP contribution in [0.5, 0.6) is 11.5 Å². The number of hydrogen-bond donors (Lipinski definition) is 2. The van der Waals surface area contributed by atoms with Crippen LogP contribution in [0, 0.1) is 6.92 Å². The SMILES string of the molecule is Cc1cc(O)ccc1NC(=O)c1ccc2c(c1)C(=O)CC(C)(C)O2. The van der Waals surface area contributed by atoms with Crippen LogP contribution in [0.15, 0.2) is 36.4 Å². The molecule has 3 rings (SSSR count). The summed E-state index contributed by atoms with van der Waals surface area (Å²) in [4.78, 5) is 24.7. The lowest BCUT2D eigenvalue weighted by Gasteiger charge is -2.31. The molecule has 0 spiro atoms. The zero-order chi connectivity index (χ0) is 17.5. The first-order valence-corrected chi connectivity index (χ1v) is 7.72. The summed E-state index contributed by atoms with van der Waals surface area (Å²) in [5.41, 5.74) is 1.65. The fraction of sp³-hybridized carbons (Fsp3) is 0.263. The molecule has 1 aliphatic rings. The number of fused-ring (bicyclic) bond motifs is 1. The van der Waals surface area contributed by atoms with Gasteiger partial charge in [0.25, 0.3) is 5.91 Å². The number of Topliss-reactive ketones (excluding diaryl/α,β-unsaturated/α-hetero) is 1. The number of aryl methyl sites for hydroxylation is 1. The zero-order valence-corrected chi connectivity index (χ0v) is 13.8. The summed E-state index contributed by atoms with van der Waals surface area (Å²) in [6, 6.07) is 9.58. The minimum Gasteiger partial charge on any atom is -0.508 e. The van der Waals surface area contributed by atoms with Crippen molar-refractivity contribution in [1.29, 1.82) is 0 Å². The van der Waals surface area contributed by atoms with E-state index >= 15 is 0 Å². The van der Waals surface area contributed by atoms with Gasteiger partial charge < -0.3 is 15.2 Å². The first-order valence-electron chi connectivity index (χ1n) is 7.72. The molecule has 0 saturated heterocycles. The average molecular weight is 325 g/mol. The Hall–Kier alpha value is -2.82. The lowest BCUT2D eigenvalue weighted by atomic mass is 9.92. The minimum atomic E-state index is -0.531. The second-order valence-electron chi connectivity index (χ2n) is 6.63. The number of phenols is 1. The van der Waals surface area contributed by atoms with E-state index in [-0.39, 0.29) is 23.9 Å². The van der Waals surface area contributed by atoms with E-state index in [1.165, 1.54) is 6.07 Å². The maximum atomic E-state index is 12.4. The van der Waals surface area contributed by atoms with Crippen LogP contribution in [-0.4, -0.2) is 22.4 Å². The Morgan fingerprint density at radius 3 is 2.67 bits per heavy atom. The molecule has 5 heteroatoms. The molecule has 5 nitrogen and oxygen atoms in total. The Morgan fingerprint density at radius 2 is 1.96 bits per heavy atom. The summed E-state index contributed by atoms with van der Waals surface area (Å²) >= 11 is 0. The summed E-state index contributed by atoms with van der Waals surface area (Å²) in [6.07, 6.45) is 0.280. The van der Waals surface area contributed by atoms with Crippen molar-refractivity contribution in [3.05, 3.63) is 53.1 Å². The van der Waals surface area contributed by atoms with Crippen molar-refractivity contribution in [2.24, 2.45) is 0 Å². The van der Waals surface area contributed by atoms with Crippen LogP contribution in [-0.2, 0) is 0 Å². The fourth-order valence-electron chi connectivity index (χ4n) is 2.78. The maximum absolute atomic E-state index is 12.4. The monoisotopic (exact) mass is 325 g/mol. The van der Waals surface area contributed by atoms with Crippen molar-refractivity contribution in [3.8, 4) is 11.5 Å². The summed E-state index contributed by atoms with van der Waals surface area (Å²) in [7, 11) is 0. The molecule has 0 aliphatic carbocycles. The van der Waals surface area contributed by atoms with Gasteiger partial charge in [0, 0.05) is 11.3 Å². The Morgan fingerprint density at radius 1 is 1.21 bits per heavy atom. The van der Waals surface area contributed by atoms with Gasteiger partial charge >= 0.3 is 0 Å². The Balaban J connectivity index is 1.87. The van der Waals surface area contributed by atoms with E-state index in [1.807, 2.05) is 13.8 Å². The fourth-order valence-corrected chi connectivity index (χ4v) is 2.78. The summed E-state index contributed by atoms with van der Waals surface area (Å²) < 4.78 is 5.79. The van der Waals surface area contributed by atoms with Crippen molar-refractivity contribution in [2.75, 3.05) is 5.32 Å². The predicted molar refractivity (Wildman–Crippen MR) is 90.9 cm³/mol. The van der Waals surface area contributed by atoms with Crippen molar-refractivity contribution >= 4 is 17.4 Å². The number of phenolic OH excluding ortho intramolecular Hbond substituents is 1. The molecule has 0 saturated carbocycles. The summed E-state index contributed by atoms with van der Waals surface area (Å²) in [5.74, 6) is 0.305. The number of aromatic hydroxyl groups is 1. The van der Waals surface area contributed by atoms with Crippen molar-refractivity contribution in [1.82, 2.24) is 0 Å². The third-order valence-electron chi connectivity index (χ3n) is 3.97.